The van der Waals surface area contributed by atoms with Gasteiger partial charge in [0.25, 0.3) is 0 Å². The minimum absolute atomic E-state index is 0.142. The zero-order chi connectivity index (χ0) is 20.4. The molecule has 2 aromatic carbocycles. The molecule has 0 fully saturated rings. The van der Waals surface area contributed by atoms with E-state index in [0.717, 1.165) is 5.56 Å². The zero-order valence-electron chi connectivity index (χ0n) is 15.2. The van der Waals surface area contributed by atoms with Gasteiger partial charge in [0.15, 0.2) is 0 Å². The fraction of sp³-hybridized carbons (Fsp3) is 0.263. The lowest BCUT2D eigenvalue weighted by molar-refractivity contribution is -0.496. The van der Waals surface area contributed by atoms with Crippen molar-refractivity contribution in [1.29, 1.82) is 0 Å². The van der Waals surface area contributed by atoms with Crippen molar-refractivity contribution in [2.45, 2.75) is 32.9 Å². The molecule has 0 unspecified atom stereocenters. The molecule has 0 aliphatic rings. The van der Waals surface area contributed by atoms with Gasteiger partial charge in [-0.3, -0.25) is 10.1 Å². The normalized spacial score (nSPS) is 10.9. The van der Waals surface area contributed by atoms with Gasteiger partial charge in [-0.1, -0.05) is 47.5 Å². The highest BCUT2D eigenvalue weighted by Gasteiger charge is 2.14. The quantitative estimate of drug-likeness (QED) is 0.363. The molecule has 0 aromatic heterocycles. The van der Waals surface area contributed by atoms with Gasteiger partial charge >= 0.3 is 6.09 Å². The van der Waals surface area contributed by atoms with Crippen LogP contribution in [0.15, 0.2) is 53.5 Å². The number of carbonyl (C=O) groups is 1. The Kier molecular flexibility index (Phi) is 8.91. The Hall–Kier alpha value is -2.44. The van der Waals surface area contributed by atoms with Gasteiger partial charge < -0.3 is 4.74 Å². The molecule has 27 heavy (non-hydrogen) atoms. The van der Waals surface area contributed by atoms with E-state index in [0.29, 0.717) is 15.6 Å². The Labute approximate surface area is 167 Å². The van der Waals surface area contributed by atoms with Crippen molar-refractivity contribution in [1.82, 2.24) is 0 Å². The zero-order valence-corrected chi connectivity index (χ0v) is 16.7. The third kappa shape index (κ3) is 11.0. The highest BCUT2D eigenvalue weighted by molar-refractivity contribution is 6.30. The fourth-order valence-electron chi connectivity index (χ4n) is 1.70. The first-order valence-corrected chi connectivity index (χ1v) is 8.69. The predicted molar refractivity (Wildman–Crippen MR) is 107 cm³/mol. The van der Waals surface area contributed by atoms with Gasteiger partial charge in [-0.15, -0.1) is 0 Å². The van der Waals surface area contributed by atoms with Gasteiger partial charge in [-0.05, 0) is 50.6 Å². The second kappa shape index (κ2) is 10.6. The summed E-state index contributed by atoms with van der Waals surface area (Å²) >= 11 is 11.3. The maximum absolute atomic E-state index is 11.3. The fourth-order valence-corrected chi connectivity index (χ4v) is 1.96. The summed E-state index contributed by atoms with van der Waals surface area (Å²) in [5.74, 6) is 0. The molecule has 2 rings (SSSR count). The molecule has 144 valence electrons. The highest BCUT2D eigenvalue weighted by Crippen LogP contribution is 2.10. The molecule has 0 heterocycles. The van der Waals surface area contributed by atoms with E-state index in [-0.39, 0.29) is 11.5 Å². The molecule has 0 atom stereocenters. The summed E-state index contributed by atoms with van der Waals surface area (Å²) in [7, 11) is 0. The third-order valence-corrected chi connectivity index (χ3v) is 3.31. The van der Waals surface area contributed by atoms with E-state index in [1.165, 1.54) is 6.21 Å². The molecular formula is C19H20Cl2N2O4. The van der Waals surface area contributed by atoms with Crippen LogP contribution in [-0.2, 0) is 11.3 Å². The van der Waals surface area contributed by atoms with Gasteiger partial charge in [0, 0.05) is 26.7 Å². The summed E-state index contributed by atoms with van der Waals surface area (Å²) in [6, 6.07) is 13.6. The Morgan fingerprint density at radius 2 is 1.56 bits per heavy atom. The van der Waals surface area contributed by atoms with Crippen LogP contribution in [0.4, 0.5) is 4.79 Å². The molecule has 0 aliphatic heterocycles. The van der Waals surface area contributed by atoms with Gasteiger partial charge in [-0.2, -0.15) is 4.99 Å². The van der Waals surface area contributed by atoms with E-state index >= 15 is 0 Å². The molecule has 8 heteroatoms. The number of hydrogen-bond donors (Lipinski definition) is 0. The molecule has 0 bridgehead atoms. The molecule has 0 N–H and O–H groups in total. The minimum atomic E-state index is -0.595. The summed E-state index contributed by atoms with van der Waals surface area (Å²) in [4.78, 5) is 24.6. The summed E-state index contributed by atoms with van der Waals surface area (Å²) in [6.07, 6.45) is 0.854. The number of aliphatic imine (C=N–C) groups is 1. The monoisotopic (exact) mass is 410 g/mol. The van der Waals surface area contributed by atoms with Gasteiger partial charge in [0.1, 0.15) is 5.60 Å². The van der Waals surface area contributed by atoms with Crippen molar-refractivity contribution < 1.29 is 14.5 Å². The summed E-state index contributed by atoms with van der Waals surface area (Å²) in [5, 5.41) is 11.3. The molecule has 0 aliphatic carbocycles. The number of nitro groups is 1. The van der Waals surface area contributed by atoms with Gasteiger partial charge in [-0.25, -0.2) is 4.79 Å². The van der Waals surface area contributed by atoms with E-state index in [1.54, 1.807) is 69.3 Å². The van der Waals surface area contributed by atoms with E-state index in [2.05, 4.69) is 4.99 Å². The van der Waals surface area contributed by atoms with Crippen molar-refractivity contribution in [3.8, 4) is 0 Å². The number of benzene rings is 2. The molecule has 0 radical (unpaired) electrons. The number of halogens is 2. The van der Waals surface area contributed by atoms with E-state index < -0.39 is 11.7 Å². The van der Waals surface area contributed by atoms with Crippen molar-refractivity contribution in [2.24, 2.45) is 4.99 Å². The highest BCUT2D eigenvalue weighted by atomic mass is 35.5. The van der Waals surface area contributed by atoms with Crippen LogP contribution in [0.1, 0.15) is 31.9 Å². The standard InChI is InChI=1S/C12H14ClNO2.C7H6ClNO2/c1-12(2,3)16-11(15)14-8-9-4-6-10(13)7-5-9;8-7-3-1-6(2-4-7)5-9(10)11/h4-8H,1-3H3;1-4H,5H2. The summed E-state index contributed by atoms with van der Waals surface area (Å²) in [6.45, 7) is 5.24. The maximum Gasteiger partial charge on any atom is 0.434 e. The lowest BCUT2D eigenvalue weighted by Gasteiger charge is -2.16. The first-order chi connectivity index (χ1) is 12.5. The van der Waals surface area contributed by atoms with Crippen LogP contribution in [-0.4, -0.2) is 22.8 Å². The van der Waals surface area contributed by atoms with Crippen LogP contribution < -0.4 is 0 Å². The maximum atomic E-state index is 11.3. The first-order valence-electron chi connectivity index (χ1n) is 7.94. The van der Waals surface area contributed by atoms with Crippen LogP contribution in [0.3, 0.4) is 0 Å². The molecular weight excluding hydrogens is 391 g/mol. The van der Waals surface area contributed by atoms with Gasteiger partial charge in [0.2, 0.25) is 6.54 Å². The van der Waals surface area contributed by atoms with Crippen molar-refractivity contribution in [3.05, 3.63) is 79.8 Å². The molecule has 1 amide bonds. The molecule has 0 saturated carbocycles. The second-order valence-electron chi connectivity index (χ2n) is 6.41. The summed E-state index contributed by atoms with van der Waals surface area (Å²) in [5.41, 5.74) is 0.948. The van der Waals surface area contributed by atoms with Crippen LogP contribution in [0, 0.1) is 10.1 Å². The molecule has 0 spiro atoms. The van der Waals surface area contributed by atoms with Crippen molar-refractivity contribution >= 4 is 35.5 Å². The predicted octanol–water partition coefficient (Wildman–Crippen LogP) is 5.81. The lowest BCUT2D eigenvalue weighted by Crippen LogP contribution is -2.21. The van der Waals surface area contributed by atoms with Crippen molar-refractivity contribution in [2.75, 3.05) is 0 Å². The first kappa shape index (κ1) is 22.6. The second-order valence-corrected chi connectivity index (χ2v) is 7.28. The van der Waals surface area contributed by atoms with E-state index in [1.807, 2.05) is 0 Å². The molecule has 6 nitrogen and oxygen atoms in total. The Morgan fingerprint density at radius 1 is 1.07 bits per heavy atom. The Bertz CT molecular complexity index is 783. The van der Waals surface area contributed by atoms with Crippen LogP contribution in [0.2, 0.25) is 10.0 Å². The number of rotatable bonds is 3. The van der Waals surface area contributed by atoms with Crippen LogP contribution in [0.25, 0.3) is 0 Å². The SMILES string of the molecule is CC(C)(C)OC(=O)N=Cc1ccc(Cl)cc1.O=[N+]([O-])Cc1ccc(Cl)cc1. The number of carbonyl (C=O) groups excluding carboxylic acids is 1. The smallest absolute Gasteiger partial charge is 0.434 e. The topological polar surface area (TPSA) is 81.8 Å². The largest absolute Gasteiger partial charge is 0.442 e. The number of nitrogens with zero attached hydrogens (tertiary/aromatic N) is 2. The van der Waals surface area contributed by atoms with E-state index in [4.69, 9.17) is 27.9 Å². The van der Waals surface area contributed by atoms with Gasteiger partial charge in [0.05, 0.1) is 0 Å². The number of hydrogen-bond acceptors (Lipinski definition) is 4. The number of ether oxygens (including phenoxy) is 1. The average molecular weight is 411 g/mol. The van der Waals surface area contributed by atoms with Crippen molar-refractivity contribution in [3.63, 3.8) is 0 Å². The Morgan fingerprint density at radius 3 is 2.00 bits per heavy atom. The third-order valence-electron chi connectivity index (χ3n) is 2.81. The molecule has 2 aromatic rings. The van der Waals surface area contributed by atoms with Crippen LogP contribution >= 0.6 is 23.2 Å². The molecule has 0 saturated heterocycles. The number of amides is 1. The lowest BCUT2D eigenvalue weighted by atomic mass is 10.2. The average Bonchev–Trinajstić information content (AvgIpc) is 2.55. The van der Waals surface area contributed by atoms with E-state index in [9.17, 15) is 14.9 Å². The Balaban J connectivity index is 0.000000289. The van der Waals surface area contributed by atoms with Crippen LogP contribution in [0.5, 0.6) is 0 Å². The summed E-state index contributed by atoms with van der Waals surface area (Å²) < 4.78 is 5.02. The minimum Gasteiger partial charge on any atom is -0.442 e.